The number of hydrogen-bond acceptors (Lipinski definition) is 7. The van der Waals surface area contributed by atoms with E-state index in [1.54, 1.807) is 27.7 Å². The largest absolute Gasteiger partial charge is 0.480 e. The van der Waals surface area contributed by atoms with Crippen LogP contribution in [0.1, 0.15) is 79.7 Å². The Bertz CT molecular complexity index is 1080. The van der Waals surface area contributed by atoms with Crippen LogP contribution in [0.25, 0.3) is 0 Å². The Morgan fingerprint density at radius 2 is 1.39 bits per heavy atom. The van der Waals surface area contributed by atoms with Crippen LogP contribution in [-0.4, -0.2) is 71.0 Å². The molecule has 0 aliphatic heterocycles. The summed E-state index contributed by atoms with van der Waals surface area (Å²) in [5, 5.41) is 20.4. The first-order chi connectivity index (χ1) is 20.6. The summed E-state index contributed by atoms with van der Waals surface area (Å²) in [6, 6.07) is 4.14. The number of nitrogens with one attached hydrogen (secondary N) is 4. The van der Waals surface area contributed by atoms with Crippen molar-refractivity contribution in [2.24, 2.45) is 29.2 Å². The maximum absolute atomic E-state index is 13.3. The zero-order valence-corrected chi connectivity index (χ0v) is 27.3. The lowest BCUT2D eigenvalue weighted by molar-refractivity contribution is -0.143. The Balaban J connectivity index is 3.09. The topological polar surface area (TPSA) is 206 Å². The fraction of sp³-hybridized carbons (Fsp3) is 0.656. The van der Waals surface area contributed by atoms with Crippen molar-refractivity contribution in [2.45, 2.75) is 117 Å². The van der Waals surface area contributed by atoms with Gasteiger partial charge in [0.05, 0.1) is 6.04 Å². The number of hydrogen-bond donors (Lipinski definition) is 7. The predicted octanol–water partition coefficient (Wildman–Crippen LogP) is 1.46. The normalized spacial score (nSPS) is 16.2. The van der Waals surface area contributed by atoms with Crippen molar-refractivity contribution >= 4 is 29.6 Å². The van der Waals surface area contributed by atoms with Gasteiger partial charge in [-0.2, -0.15) is 0 Å². The second-order valence-corrected chi connectivity index (χ2v) is 12.4. The Labute approximate surface area is 261 Å². The lowest BCUT2D eigenvalue weighted by Gasteiger charge is -2.29. The van der Waals surface area contributed by atoms with Crippen LogP contribution in [-0.2, 0) is 30.4 Å². The minimum absolute atomic E-state index is 0.212. The number of carboxylic acid groups (broad SMARTS) is 1. The SMILES string of the molecule is CC[C@H](NC(=O)[C@@H](N)CC(C)C)C(=O)NC(Cc1ccccc1)C(N)CC(=O)N[C@H](C(=O)N[C@H](C(=O)O)C(C)C)[C@@H](C)CC. The number of amides is 4. The van der Waals surface area contributed by atoms with Crippen LogP contribution in [0, 0.1) is 17.8 Å². The molecule has 0 spiro atoms. The van der Waals surface area contributed by atoms with Crippen LogP contribution >= 0.6 is 0 Å². The van der Waals surface area contributed by atoms with E-state index in [0.717, 1.165) is 5.56 Å². The van der Waals surface area contributed by atoms with E-state index < -0.39 is 65.8 Å². The Morgan fingerprint density at radius 3 is 1.89 bits per heavy atom. The smallest absolute Gasteiger partial charge is 0.326 e. The summed E-state index contributed by atoms with van der Waals surface area (Å²) < 4.78 is 0. The molecular weight excluding hydrogens is 564 g/mol. The summed E-state index contributed by atoms with van der Waals surface area (Å²) in [4.78, 5) is 63.9. The van der Waals surface area contributed by atoms with Crippen molar-refractivity contribution in [2.75, 3.05) is 0 Å². The monoisotopic (exact) mass is 618 g/mol. The molecule has 1 rings (SSSR count). The highest BCUT2D eigenvalue weighted by atomic mass is 16.4. The average Bonchev–Trinajstić information content (AvgIpc) is 2.95. The number of nitrogens with two attached hydrogens (primary N) is 2. The molecule has 0 saturated carbocycles. The van der Waals surface area contributed by atoms with Gasteiger partial charge in [-0.05, 0) is 42.6 Å². The summed E-state index contributed by atoms with van der Waals surface area (Å²) in [6.07, 6.45) is 1.46. The van der Waals surface area contributed by atoms with Crippen molar-refractivity contribution in [3.8, 4) is 0 Å². The number of rotatable bonds is 19. The minimum atomic E-state index is -1.16. The van der Waals surface area contributed by atoms with Crippen LogP contribution in [0.2, 0.25) is 0 Å². The number of benzene rings is 1. The quantitative estimate of drug-likeness (QED) is 0.121. The van der Waals surface area contributed by atoms with Crippen molar-refractivity contribution in [3.05, 3.63) is 35.9 Å². The summed E-state index contributed by atoms with van der Waals surface area (Å²) >= 11 is 0. The van der Waals surface area contributed by atoms with E-state index in [9.17, 15) is 29.1 Å². The molecule has 1 aromatic carbocycles. The van der Waals surface area contributed by atoms with Gasteiger partial charge in [0.2, 0.25) is 23.6 Å². The summed E-state index contributed by atoms with van der Waals surface area (Å²) in [7, 11) is 0. The second-order valence-electron chi connectivity index (χ2n) is 12.4. The van der Waals surface area contributed by atoms with E-state index in [1.807, 2.05) is 51.1 Å². The predicted molar refractivity (Wildman–Crippen MR) is 170 cm³/mol. The lowest BCUT2D eigenvalue weighted by atomic mass is 9.94. The highest BCUT2D eigenvalue weighted by Gasteiger charge is 2.33. The molecule has 7 atom stereocenters. The van der Waals surface area contributed by atoms with E-state index >= 15 is 0 Å². The van der Waals surface area contributed by atoms with E-state index in [-0.39, 0.29) is 24.2 Å². The van der Waals surface area contributed by atoms with Gasteiger partial charge in [0.15, 0.2) is 0 Å². The van der Waals surface area contributed by atoms with Gasteiger partial charge in [-0.25, -0.2) is 4.79 Å². The van der Waals surface area contributed by atoms with Crippen LogP contribution < -0.4 is 32.7 Å². The van der Waals surface area contributed by atoms with Crippen molar-refractivity contribution in [3.63, 3.8) is 0 Å². The van der Waals surface area contributed by atoms with Gasteiger partial charge >= 0.3 is 5.97 Å². The third-order valence-corrected chi connectivity index (χ3v) is 7.71. The molecule has 0 bridgehead atoms. The van der Waals surface area contributed by atoms with Gasteiger partial charge in [0.1, 0.15) is 18.1 Å². The summed E-state index contributed by atoms with van der Waals surface area (Å²) in [5.41, 5.74) is 13.4. The number of carboxylic acids is 1. The van der Waals surface area contributed by atoms with Gasteiger partial charge < -0.3 is 37.8 Å². The van der Waals surface area contributed by atoms with E-state index in [1.165, 1.54) is 0 Å². The van der Waals surface area contributed by atoms with Crippen LogP contribution in [0.4, 0.5) is 0 Å². The third kappa shape index (κ3) is 13.0. The molecule has 0 aromatic heterocycles. The lowest BCUT2D eigenvalue weighted by Crippen LogP contribution is -2.58. The highest BCUT2D eigenvalue weighted by molar-refractivity contribution is 5.91. The first kappa shape index (κ1) is 38.5. The van der Waals surface area contributed by atoms with Gasteiger partial charge in [-0.3, -0.25) is 19.2 Å². The molecule has 44 heavy (non-hydrogen) atoms. The molecule has 9 N–H and O–H groups in total. The molecule has 1 aromatic rings. The summed E-state index contributed by atoms with van der Waals surface area (Å²) in [6.45, 7) is 12.7. The number of aliphatic carboxylic acids is 1. The van der Waals surface area contributed by atoms with Crippen molar-refractivity contribution in [1.29, 1.82) is 0 Å². The second kappa shape index (κ2) is 19.0. The van der Waals surface area contributed by atoms with Crippen LogP contribution in [0.5, 0.6) is 0 Å². The molecule has 12 heteroatoms. The molecule has 4 amide bonds. The first-order valence-corrected chi connectivity index (χ1v) is 15.6. The fourth-order valence-corrected chi connectivity index (χ4v) is 4.75. The van der Waals surface area contributed by atoms with Crippen LogP contribution in [0.3, 0.4) is 0 Å². The molecule has 0 fully saturated rings. The maximum Gasteiger partial charge on any atom is 0.326 e. The number of carbonyl (C=O) groups is 5. The molecule has 2 unspecified atom stereocenters. The molecule has 0 saturated heterocycles. The summed E-state index contributed by atoms with van der Waals surface area (Å²) in [5.74, 6) is -3.55. The molecule has 0 heterocycles. The molecule has 248 valence electrons. The van der Waals surface area contributed by atoms with Gasteiger partial charge in [-0.15, -0.1) is 0 Å². The number of carbonyl (C=O) groups excluding carboxylic acids is 4. The Hall–Kier alpha value is -3.51. The zero-order chi connectivity index (χ0) is 33.6. The zero-order valence-electron chi connectivity index (χ0n) is 27.3. The van der Waals surface area contributed by atoms with E-state index in [0.29, 0.717) is 25.7 Å². The van der Waals surface area contributed by atoms with E-state index in [4.69, 9.17) is 11.5 Å². The standard InChI is InChI=1S/C32H54N6O6/c1-8-20(7)28(31(42)38-27(19(5)6)32(43)44)37-26(39)17-22(33)25(16-21-13-11-10-12-14-21)36-30(41)24(9-2)35-29(40)23(34)15-18(3)4/h10-14,18-20,22-25,27-28H,8-9,15-17,33-34H2,1-7H3,(H,35,40)(H,36,41)(H,37,39)(H,38,42)(H,43,44)/t20-,22?,23-,24-,25?,27-,28-/m0/s1. The minimum Gasteiger partial charge on any atom is -0.480 e. The molecule has 0 radical (unpaired) electrons. The molecule has 12 nitrogen and oxygen atoms in total. The fourth-order valence-electron chi connectivity index (χ4n) is 4.75. The Morgan fingerprint density at radius 1 is 0.773 bits per heavy atom. The van der Waals surface area contributed by atoms with Crippen molar-refractivity contribution in [1.82, 2.24) is 21.3 Å². The van der Waals surface area contributed by atoms with Gasteiger partial charge in [-0.1, -0.05) is 85.2 Å². The average molecular weight is 619 g/mol. The van der Waals surface area contributed by atoms with Crippen LogP contribution in [0.15, 0.2) is 30.3 Å². The van der Waals surface area contributed by atoms with Gasteiger partial charge in [0.25, 0.3) is 0 Å². The highest BCUT2D eigenvalue weighted by Crippen LogP contribution is 2.13. The van der Waals surface area contributed by atoms with Crippen molar-refractivity contribution < 1.29 is 29.1 Å². The van der Waals surface area contributed by atoms with E-state index in [2.05, 4.69) is 21.3 Å². The first-order valence-electron chi connectivity index (χ1n) is 15.6. The molecule has 0 aliphatic rings. The maximum atomic E-state index is 13.3. The third-order valence-electron chi connectivity index (χ3n) is 7.71. The molecule has 0 aliphatic carbocycles. The molecular formula is C32H54N6O6. The Kier molecular flexibility index (Phi) is 16.6. The van der Waals surface area contributed by atoms with Gasteiger partial charge in [0, 0.05) is 18.5 Å².